The molecule has 1 heterocycles. The number of hydrogen-bond donors (Lipinski definition) is 1. The Kier molecular flexibility index (Phi) is 7.41. The number of allylic oxidation sites excluding steroid dienone is 1. The molecule has 0 aromatic heterocycles. The summed E-state index contributed by atoms with van der Waals surface area (Å²) in [4.78, 5) is 5.12. The summed E-state index contributed by atoms with van der Waals surface area (Å²) >= 11 is 0. The van der Waals surface area contributed by atoms with E-state index in [9.17, 15) is 5.11 Å². The molecule has 1 N–H and O–H groups in total. The Labute approximate surface area is 200 Å². The molecule has 2 aromatic carbocycles. The van der Waals surface area contributed by atoms with E-state index >= 15 is 0 Å². The van der Waals surface area contributed by atoms with Gasteiger partial charge in [-0.2, -0.15) is 0 Å². The van der Waals surface area contributed by atoms with E-state index in [1.165, 1.54) is 42.4 Å². The fraction of sp³-hybridized carbons (Fsp3) is 0.467. The lowest BCUT2D eigenvalue weighted by Crippen LogP contribution is -2.49. The molecule has 2 aliphatic rings. The van der Waals surface area contributed by atoms with Crippen molar-refractivity contribution in [3.63, 3.8) is 0 Å². The first-order valence-corrected chi connectivity index (χ1v) is 12.6. The molecule has 0 amide bonds. The number of rotatable bonds is 7. The molecule has 1 aliphatic carbocycles. The Balaban J connectivity index is 1.42. The van der Waals surface area contributed by atoms with Gasteiger partial charge in [-0.15, -0.1) is 0 Å². The van der Waals surface area contributed by atoms with Gasteiger partial charge in [0.1, 0.15) is 5.75 Å². The topological polar surface area (TPSA) is 26.7 Å². The van der Waals surface area contributed by atoms with E-state index in [4.69, 9.17) is 0 Å². The van der Waals surface area contributed by atoms with Crippen molar-refractivity contribution < 1.29 is 5.11 Å². The Bertz CT molecular complexity index is 984. The van der Waals surface area contributed by atoms with Gasteiger partial charge in [-0.25, -0.2) is 0 Å². The lowest BCUT2D eigenvalue weighted by molar-refractivity contribution is 0.0519. The van der Waals surface area contributed by atoms with Gasteiger partial charge in [-0.05, 0) is 92.6 Å². The van der Waals surface area contributed by atoms with Gasteiger partial charge >= 0.3 is 0 Å². The first kappa shape index (κ1) is 23.8. The first-order chi connectivity index (χ1) is 15.9. The molecular formula is C30H40N2O. The normalized spacial score (nSPS) is 24.0. The fourth-order valence-corrected chi connectivity index (χ4v) is 5.98. The third-order valence-corrected chi connectivity index (χ3v) is 8.03. The molecule has 176 valence electrons. The van der Waals surface area contributed by atoms with Crippen molar-refractivity contribution in [3.05, 3.63) is 83.4 Å². The van der Waals surface area contributed by atoms with Crippen LogP contribution in [0.15, 0.2) is 66.8 Å². The minimum Gasteiger partial charge on any atom is -0.508 e. The van der Waals surface area contributed by atoms with Crippen molar-refractivity contribution >= 4 is 5.57 Å². The third-order valence-electron chi connectivity index (χ3n) is 8.03. The Morgan fingerprint density at radius 2 is 1.85 bits per heavy atom. The van der Waals surface area contributed by atoms with Gasteiger partial charge < -0.3 is 5.11 Å². The highest BCUT2D eigenvalue weighted by atomic mass is 16.3. The zero-order valence-corrected chi connectivity index (χ0v) is 20.7. The number of hydrogen-bond acceptors (Lipinski definition) is 3. The van der Waals surface area contributed by atoms with Crippen molar-refractivity contribution in [1.29, 1.82) is 0 Å². The van der Waals surface area contributed by atoms with E-state index < -0.39 is 0 Å². The van der Waals surface area contributed by atoms with E-state index in [2.05, 4.69) is 79.9 Å². The summed E-state index contributed by atoms with van der Waals surface area (Å²) < 4.78 is 0. The molecule has 3 nitrogen and oxygen atoms in total. The Hall–Kier alpha value is -2.36. The summed E-state index contributed by atoms with van der Waals surface area (Å²) in [7, 11) is 4.48. The predicted molar refractivity (Wildman–Crippen MR) is 139 cm³/mol. The van der Waals surface area contributed by atoms with Crippen molar-refractivity contribution in [2.75, 3.05) is 27.2 Å². The van der Waals surface area contributed by atoms with Gasteiger partial charge in [0.15, 0.2) is 0 Å². The van der Waals surface area contributed by atoms with Gasteiger partial charge in [-0.1, -0.05) is 62.4 Å². The molecule has 33 heavy (non-hydrogen) atoms. The summed E-state index contributed by atoms with van der Waals surface area (Å²) in [6, 6.07) is 17.5. The lowest BCUT2D eigenvalue weighted by Gasteiger charge is -2.48. The molecule has 4 rings (SSSR count). The van der Waals surface area contributed by atoms with Crippen LogP contribution in [0.5, 0.6) is 5.75 Å². The zero-order chi connectivity index (χ0) is 23.4. The smallest absolute Gasteiger partial charge is 0.116 e. The molecule has 0 radical (unpaired) electrons. The van der Waals surface area contributed by atoms with Gasteiger partial charge in [0.25, 0.3) is 0 Å². The van der Waals surface area contributed by atoms with Crippen molar-refractivity contribution in [2.24, 2.45) is 0 Å². The van der Waals surface area contributed by atoms with E-state index in [0.717, 1.165) is 43.5 Å². The second-order valence-corrected chi connectivity index (χ2v) is 10.1. The molecule has 1 aliphatic heterocycles. The van der Waals surface area contributed by atoms with E-state index in [1.54, 1.807) is 6.07 Å². The fourth-order valence-electron chi connectivity index (χ4n) is 5.98. The summed E-state index contributed by atoms with van der Waals surface area (Å²) in [5.41, 5.74) is 6.46. The van der Waals surface area contributed by atoms with Crippen LogP contribution in [0.3, 0.4) is 0 Å². The average Bonchev–Trinajstić information content (AvgIpc) is 2.85. The number of aryl methyl sites for hydroxylation is 1. The SMILES string of the molecule is C=C(C1=CCN(C2CCC(c3ccccc3)(N(C)C)CC2)CC1)c1cc(O)ccc1CCC. The monoisotopic (exact) mass is 444 g/mol. The number of benzene rings is 2. The van der Waals surface area contributed by atoms with Crippen molar-refractivity contribution in [1.82, 2.24) is 9.80 Å². The van der Waals surface area contributed by atoms with Crippen LogP contribution >= 0.6 is 0 Å². The van der Waals surface area contributed by atoms with Crippen molar-refractivity contribution in [3.8, 4) is 5.75 Å². The molecule has 0 bridgehead atoms. The number of phenolic OH excluding ortho intramolecular Hbond substituents is 1. The Morgan fingerprint density at radius 1 is 1.12 bits per heavy atom. The van der Waals surface area contributed by atoms with Gasteiger partial charge in [0.2, 0.25) is 0 Å². The maximum absolute atomic E-state index is 10.1. The number of aromatic hydroxyl groups is 1. The molecule has 0 atom stereocenters. The molecule has 0 unspecified atom stereocenters. The highest BCUT2D eigenvalue weighted by Gasteiger charge is 2.40. The molecular weight excluding hydrogens is 404 g/mol. The van der Waals surface area contributed by atoms with E-state index in [1.807, 2.05) is 6.07 Å². The zero-order valence-electron chi connectivity index (χ0n) is 20.7. The molecule has 1 fully saturated rings. The Morgan fingerprint density at radius 3 is 2.45 bits per heavy atom. The van der Waals surface area contributed by atoms with Crippen molar-refractivity contribution in [2.45, 2.75) is 63.5 Å². The molecule has 0 saturated heterocycles. The van der Waals surface area contributed by atoms with Crippen LogP contribution in [0, 0.1) is 0 Å². The largest absolute Gasteiger partial charge is 0.508 e. The standard InChI is InChI=1S/C30H40N2O/c1-5-9-25-12-13-28(33)22-29(25)23(2)24-16-20-32(21-17-24)27-14-18-30(19-15-27,31(3)4)26-10-7-6-8-11-26/h6-8,10-13,16,22,27,33H,2,5,9,14-15,17-21H2,1,3-4H3. The van der Waals surface area contributed by atoms with Crippen LogP contribution < -0.4 is 0 Å². The average molecular weight is 445 g/mol. The summed E-state index contributed by atoms with van der Waals surface area (Å²) in [5, 5.41) is 10.1. The van der Waals surface area contributed by atoms with Crippen LogP contribution in [0.25, 0.3) is 5.57 Å². The molecule has 3 heteroatoms. The predicted octanol–water partition coefficient (Wildman–Crippen LogP) is 6.39. The highest BCUT2D eigenvalue weighted by molar-refractivity contribution is 5.80. The van der Waals surface area contributed by atoms with Gasteiger partial charge in [0, 0.05) is 24.7 Å². The van der Waals surface area contributed by atoms with Crippen LogP contribution in [-0.2, 0) is 12.0 Å². The molecule has 0 spiro atoms. The minimum absolute atomic E-state index is 0.161. The van der Waals surface area contributed by atoms with Crippen LogP contribution in [-0.4, -0.2) is 48.1 Å². The summed E-state index contributed by atoms with van der Waals surface area (Å²) in [6.07, 6.45) is 10.4. The van der Waals surface area contributed by atoms with Crippen LogP contribution in [0.2, 0.25) is 0 Å². The lowest BCUT2D eigenvalue weighted by atomic mass is 9.73. The van der Waals surface area contributed by atoms with Gasteiger partial charge in [-0.3, -0.25) is 9.80 Å². The maximum Gasteiger partial charge on any atom is 0.116 e. The quantitative estimate of drug-likeness (QED) is 0.536. The number of nitrogens with zero attached hydrogens (tertiary/aromatic N) is 2. The highest BCUT2D eigenvalue weighted by Crippen LogP contribution is 2.43. The van der Waals surface area contributed by atoms with Gasteiger partial charge in [0.05, 0.1) is 0 Å². The van der Waals surface area contributed by atoms with E-state index in [-0.39, 0.29) is 5.54 Å². The maximum atomic E-state index is 10.1. The minimum atomic E-state index is 0.161. The molecule has 1 saturated carbocycles. The van der Waals surface area contributed by atoms with E-state index in [0.29, 0.717) is 11.8 Å². The molecule has 2 aromatic rings. The van der Waals surface area contributed by atoms with Crippen LogP contribution in [0.4, 0.5) is 0 Å². The summed E-state index contributed by atoms with van der Waals surface area (Å²) in [5.74, 6) is 0.328. The second kappa shape index (κ2) is 10.3. The number of phenols is 1. The van der Waals surface area contributed by atoms with Crippen LogP contribution in [0.1, 0.15) is 62.1 Å². The first-order valence-electron chi connectivity index (χ1n) is 12.6. The third kappa shape index (κ3) is 4.95. The second-order valence-electron chi connectivity index (χ2n) is 10.1. The summed E-state index contributed by atoms with van der Waals surface area (Å²) in [6.45, 7) is 8.73.